The number of amides is 1. The fourth-order valence-electron chi connectivity index (χ4n) is 0.173. The summed E-state index contributed by atoms with van der Waals surface area (Å²) in [6.07, 6.45) is 0. The molecule has 1 amide bonds. The predicted molar refractivity (Wildman–Crippen MR) is 30.5 cm³/mol. The summed E-state index contributed by atoms with van der Waals surface area (Å²) in [5.74, 6) is -1.66. The van der Waals surface area contributed by atoms with E-state index in [-0.39, 0.29) is 0 Å². The van der Waals surface area contributed by atoms with Crippen LogP contribution in [0.15, 0.2) is 0 Å². The van der Waals surface area contributed by atoms with Crippen molar-refractivity contribution >= 4 is 11.7 Å². The third-order valence-electron chi connectivity index (χ3n) is 1.17. The quantitative estimate of drug-likeness (QED) is 0.462. The van der Waals surface area contributed by atoms with E-state index >= 15 is 0 Å². The Labute approximate surface area is 52.7 Å². The van der Waals surface area contributed by atoms with E-state index in [0.29, 0.717) is 0 Å². The molecule has 0 unspecified atom stereocenters. The SMILES string of the molecule is CC(=O)[C@](C)(O)C(N)=O. The molecule has 0 aliphatic heterocycles. The zero-order valence-corrected chi connectivity index (χ0v) is 5.34. The molecule has 0 bridgehead atoms. The van der Waals surface area contributed by atoms with Crippen LogP contribution >= 0.6 is 0 Å². The lowest BCUT2D eigenvalue weighted by Gasteiger charge is -2.13. The van der Waals surface area contributed by atoms with Crippen molar-refractivity contribution in [3.8, 4) is 0 Å². The molecule has 0 saturated carbocycles. The molecule has 4 heteroatoms. The summed E-state index contributed by atoms with van der Waals surface area (Å²) in [5, 5.41) is 8.84. The number of carbonyl (C=O) groups excluding carboxylic acids is 2. The van der Waals surface area contributed by atoms with Crippen molar-refractivity contribution in [3.05, 3.63) is 0 Å². The standard InChI is InChI=1S/C5H9NO3/c1-3(7)5(2,9)4(6)8/h9H,1-2H3,(H2,6,8)/t5-/m0/s1. The van der Waals surface area contributed by atoms with Gasteiger partial charge in [0.15, 0.2) is 11.4 Å². The highest BCUT2D eigenvalue weighted by Crippen LogP contribution is 2.01. The van der Waals surface area contributed by atoms with Gasteiger partial charge in [0.1, 0.15) is 0 Å². The molecule has 1 atom stereocenters. The number of Topliss-reactive ketones (excluding diaryl/α,β-unsaturated/α-hetero) is 1. The first-order valence-electron chi connectivity index (χ1n) is 2.42. The molecule has 0 fully saturated rings. The first-order valence-corrected chi connectivity index (χ1v) is 2.42. The maximum atomic E-state index is 10.4. The highest BCUT2D eigenvalue weighted by Gasteiger charge is 2.32. The number of primary amides is 1. The lowest BCUT2D eigenvalue weighted by atomic mass is 10.0. The molecule has 0 aromatic carbocycles. The van der Waals surface area contributed by atoms with Crippen molar-refractivity contribution in [1.82, 2.24) is 0 Å². The lowest BCUT2D eigenvalue weighted by Crippen LogP contribution is -2.46. The average Bonchev–Trinajstić information content (AvgIpc) is 1.65. The van der Waals surface area contributed by atoms with Crippen LogP contribution in [0.3, 0.4) is 0 Å². The van der Waals surface area contributed by atoms with Crippen LogP contribution in [-0.4, -0.2) is 22.4 Å². The Balaban J connectivity index is 4.38. The minimum atomic E-state index is -2.00. The van der Waals surface area contributed by atoms with E-state index in [0.717, 1.165) is 13.8 Å². The first kappa shape index (κ1) is 8.10. The van der Waals surface area contributed by atoms with Crippen LogP contribution in [0.2, 0.25) is 0 Å². The van der Waals surface area contributed by atoms with Crippen LogP contribution in [0.5, 0.6) is 0 Å². The van der Waals surface area contributed by atoms with Gasteiger partial charge in [-0.15, -0.1) is 0 Å². The fourth-order valence-corrected chi connectivity index (χ4v) is 0.173. The smallest absolute Gasteiger partial charge is 0.256 e. The molecular weight excluding hydrogens is 122 g/mol. The van der Waals surface area contributed by atoms with Gasteiger partial charge in [-0.25, -0.2) is 0 Å². The lowest BCUT2D eigenvalue weighted by molar-refractivity contribution is -0.146. The molecule has 0 aliphatic rings. The molecule has 0 saturated heterocycles. The monoisotopic (exact) mass is 131 g/mol. The molecule has 0 aliphatic carbocycles. The van der Waals surface area contributed by atoms with Gasteiger partial charge in [0.2, 0.25) is 0 Å². The molecule has 0 rings (SSSR count). The van der Waals surface area contributed by atoms with Gasteiger partial charge in [0.05, 0.1) is 0 Å². The van der Waals surface area contributed by atoms with Crippen LogP contribution in [0.25, 0.3) is 0 Å². The summed E-state index contributed by atoms with van der Waals surface area (Å²) in [6.45, 7) is 2.17. The summed E-state index contributed by atoms with van der Waals surface area (Å²) in [4.78, 5) is 20.6. The highest BCUT2D eigenvalue weighted by molar-refractivity contribution is 6.06. The second-order valence-corrected chi connectivity index (χ2v) is 1.99. The van der Waals surface area contributed by atoms with E-state index in [9.17, 15) is 9.59 Å². The Hall–Kier alpha value is -0.900. The van der Waals surface area contributed by atoms with Crippen LogP contribution in [0, 0.1) is 0 Å². The molecule has 0 aromatic rings. The van der Waals surface area contributed by atoms with Crippen molar-refractivity contribution in [3.63, 3.8) is 0 Å². The first-order chi connectivity index (χ1) is 3.89. The molecule has 0 spiro atoms. The van der Waals surface area contributed by atoms with E-state index < -0.39 is 17.3 Å². The topological polar surface area (TPSA) is 80.4 Å². The molecule has 0 aromatic heterocycles. The summed E-state index contributed by atoms with van der Waals surface area (Å²) >= 11 is 0. The molecule has 52 valence electrons. The average molecular weight is 131 g/mol. The van der Waals surface area contributed by atoms with Crippen LogP contribution in [0.1, 0.15) is 13.8 Å². The minimum Gasteiger partial charge on any atom is -0.373 e. The largest absolute Gasteiger partial charge is 0.373 e. The van der Waals surface area contributed by atoms with Gasteiger partial charge < -0.3 is 10.8 Å². The van der Waals surface area contributed by atoms with Gasteiger partial charge >= 0.3 is 0 Å². The summed E-state index contributed by atoms with van der Waals surface area (Å²) in [5.41, 5.74) is 2.66. The third-order valence-corrected chi connectivity index (χ3v) is 1.17. The predicted octanol–water partition coefficient (Wildman–Crippen LogP) is -1.19. The normalized spacial score (nSPS) is 16.3. The Morgan fingerprint density at radius 3 is 1.89 bits per heavy atom. The van der Waals surface area contributed by atoms with E-state index in [1.54, 1.807) is 0 Å². The van der Waals surface area contributed by atoms with Crippen LogP contribution in [0.4, 0.5) is 0 Å². The summed E-state index contributed by atoms with van der Waals surface area (Å²) in [6, 6.07) is 0. The van der Waals surface area contributed by atoms with Gasteiger partial charge in [-0.2, -0.15) is 0 Å². The molecule has 0 heterocycles. The number of rotatable bonds is 2. The number of aliphatic hydroxyl groups is 1. The number of hydrogen-bond acceptors (Lipinski definition) is 3. The molecule has 3 N–H and O–H groups in total. The van der Waals surface area contributed by atoms with Gasteiger partial charge in [-0.3, -0.25) is 9.59 Å². The minimum absolute atomic E-state index is 0.644. The molecule has 9 heavy (non-hydrogen) atoms. The Morgan fingerprint density at radius 2 is 1.89 bits per heavy atom. The number of ketones is 1. The maximum absolute atomic E-state index is 10.4. The van der Waals surface area contributed by atoms with Crippen LogP contribution in [-0.2, 0) is 9.59 Å². The second-order valence-electron chi connectivity index (χ2n) is 1.99. The van der Waals surface area contributed by atoms with E-state index in [1.165, 1.54) is 0 Å². The second kappa shape index (κ2) is 2.14. The Bertz CT molecular complexity index is 134. The van der Waals surface area contributed by atoms with Crippen molar-refractivity contribution < 1.29 is 14.7 Å². The number of carbonyl (C=O) groups is 2. The zero-order valence-electron chi connectivity index (χ0n) is 5.34. The van der Waals surface area contributed by atoms with Crippen molar-refractivity contribution in [2.45, 2.75) is 19.4 Å². The van der Waals surface area contributed by atoms with Crippen molar-refractivity contribution in [2.24, 2.45) is 5.73 Å². The molecular formula is C5H9NO3. The zero-order chi connectivity index (χ0) is 7.65. The summed E-state index contributed by atoms with van der Waals surface area (Å²) < 4.78 is 0. The number of hydrogen-bond donors (Lipinski definition) is 2. The van der Waals surface area contributed by atoms with Gasteiger partial charge in [-0.1, -0.05) is 0 Å². The van der Waals surface area contributed by atoms with Crippen LogP contribution < -0.4 is 5.73 Å². The molecule has 4 nitrogen and oxygen atoms in total. The Morgan fingerprint density at radius 1 is 1.56 bits per heavy atom. The van der Waals surface area contributed by atoms with E-state index in [2.05, 4.69) is 5.73 Å². The van der Waals surface area contributed by atoms with E-state index in [4.69, 9.17) is 5.11 Å². The van der Waals surface area contributed by atoms with Gasteiger partial charge in [0, 0.05) is 0 Å². The number of nitrogens with two attached hydrogens (primary N) is 1. The van der Waals surface area contributed by atoms with Crippen molar-refractivity contribution in [2.75, 3.05) is 0 Å². The molecule has 0 radical (unpaired) electrons. The third kappa shape index (κ3) is 1.50. The fraction of sp³-hybridized carbons (Fsp3) is 0.600. The van der Waals surface area contributed by atoms with Gasteiger partial charge in [-0.05, 0) is 13.8 Å². The highest BCUT2D eigenvalue weighted by atomic mass is 16.3. The Kier molecular flexibility index (Phi) is 1.93. The maximum Gasteiger partial charge on any atom is 0.256 e. The van der Waals surface area contributed by atoms with E-state index in [1.807, 2.05) is 0 Å². The van der Waals surface area contributed by atoms with Crippen molar-refractivity contribution in [1.29, 1.82) is 0 Å². The van der Waals surface area contributed by atoms with Gasteiger partial charge in [0.25, 0.3) is 5.91 Å². The summed E-state index contributed by atoms with van der Waals surface area (Å²) in [7, 11) is 0.